The molecule has 2 heterocycles. The quantitative estimate of drug-likeness (QED) is 0.668. The van der Waals surface area contributed by atoms with Gasteiger partial charge in [0.05, 0.1) is 14.2 Å². The van der Waals surface area contributed by atoms with Crippen molar-refractivity contribution in [1.29, 1.82) is 0 Å². The molecule has 1 aromatic carbocycles. The number of aromatic nitrogens is 2. The summed E-state index contributed by atoms with van der Waals surface area (Å²) < 4.78 is 14.3. The molecule has 2 aromatic heterocycles. The summed E-state index contributed by atoms with van der Waals surface area (Å²) in [5.74, 6) is 1.42. The van der Waals surface area contributed by atoms with Crippen LogP contribution in [0.5, 0.6) is 11.5 Å². The lowest BCUT2D eigenvalue weighted by Gasteiger charge is -2.09. The second-order valence-electron chi connectivity index (χ2n) is 4.03. The topological polar surface area (TPSA) is 35.8 Å². The number of benzene rings is 1. The van der Waals surface area contributed by atoms with E-state index < -0.39 is 0 Å². The van der Waals surface area contributed by atoms with Crippen molar-refractivity contribution in [2.45, 2.75) is 0 Å². The van der Waals surface area contributed by atoms with Crippen LogP contribution in [0.25, 0.3) is 16.4 Å². The Bertz CT molecular complexity index is 783. The standard InChI is InChI=1S/C13H10Br2N2O2/c1-18-9-3-7-5-11-16-12(14)13(15)17(11)6-8(7)4-10(9)19-2/h3-6H,1-2H3. The zero-order valence-electron chi connectivity index (χ0n) is 10.3. The van der Waals surface area contributed by atoms with E-state index in [-0.39, 0.29) is 0 Å². The molecule has 3 aromatic rings. The Morgan fingerprint density at radius 3 is 2.26 bits per heavy atom. The van der Waals surface area contributed by atoms with Gasteiger partial charge < -0.3 is 9.47 Å². The molecule has 0 fully saturated rings. The number of nitrogens with zero attached hydrogens (tertiary/aromatic N) is 2. The zero-order chi connectivity index (χ0) is 13.6. The third-order valence-corrected chi connectivity index (χ3v) is 4.83. The fourth-order valence-corrected chi connectivity index (χ4v) is 2.80. The third kappa shape index (κ3) is 1.99. The first kappa shape index (κ1) is 12.7. The number of rotatable bonds is 2. The molecule has 98 valence electrons. The minimum atomic E-state index is 0.712. The lowest BCUT2D eigenvalue weighted by molar-refractivity contribution is 0.356. The van der Waals surface area contributed by atoms with Crippen molar-refractivity contribution in [1.82, 2.24) is 9.38 Å². The molecule has 0 spiro atoms. The molecule has 19 heavy (non-hydrogen) atoms. The largest absolute Gasteiger partial charge is 0.493 e. The molecule has 3 rings (SSSR count). The van der Waals surface area contributed by atoms with Crippen LogP contribution in [0.15, 0.2) is 33.6 Å². The Morgan fingerprint density at radius 1 is 1.00 bits per heavy atom. The number of fused-ring (bicyclic) bond motifs is 2. The Hall–Kier alpha value is -1.27. The van der Waals surface area contributed by atoms with Gasteiger partial charge in [-0.25, -0.2) is 4.98 Å². The summed E-state index contributed by atoms with van der Waals surface area (Å²) in [4.78, 5) is 4.42. The molecule has 0 radical (unpaired) electrons. The van der Waals surface area contributed by atoms with E-state index >= 15 is 0 Å². The highest BCUT2D eigenvalue weighted by molar-refractivity contribution is 9.13. The lowest BCUT2D eigenvalue weighted by atomic mass is 10.1. The molecule has 0 amide bonds. The fourth-order valence-electron chi connectivity index (χ4n) is 2.05. The first-order chi connectivity index (χ1) is 9.13. The average Bonchev–Trinajstić information content (AvgIpc) is 2.70. The van der Waals surface area contributed by atoms with Gasteiger partial charge in [0.2, 0.25) is 0 Å². The highest BCUT2D eigenvalue weighted by Gasteiger charge is 2.11. The van der Waals surface area contributed by atoms with Gasteiger partial charge in [0, 0.05) is 11.6 Å². The smallest absolute Gasteiger partial charge is 0.161 e. The monoisotopic (exact) mass is 384 g/mol. The first-order valence-corrected chi connectivity index (χ1v) is 7.11. The van der Waals surface area contributed by atoms with E-state index in [9.17, 15) is 0 Å². The molecule has 0 aliphatic heterocycles. The number of hydrogen-bond acceptors (Lipinski definition) is 3. The van der Waals surface area contributed by atoms with Crippen molar-refractivity contribution in [2.24, 2.45) is 0 Å². The molecular formula is C13H10Br2N2O2. The number of hydrogen-bond donors (Lipinski definition) is 0. The summed E-state index contributed by atoms with van der Waals surface area (Å²) in [5, 5.41) is 2.10. The van der Waals surface area contributed by atoms with Crippen LogP contribution in [0.1, 0.15) is 0 Å². The molecular weight excluding hydrogens is 376 g/mol. The molecule has 0 saturated heterocycles. The molecule has 0 saturated carbocycles. The molecule has 0 atom stereocenters. The lowest BCUT2D eigenvalue weighted by Crippen LogP contribution is -1.92. The third-order valence-electron chi connectivity index (χ3n) is 2.98. The van der Waals surface area contributed by atoms with Crippen molar-refractivity contribution in [3.8, 4) is 11.5 Å². The van der Waals surface area contributed by atoms with E-state index in [0.717, 1.165) is 25.6 Å². The zero-order valence-corrected chi connectivity index (χ0v) is 13.4. The van der Waals surface area contributed by atoms with Crippen LogP contribution in [0.3, 0.4) is 0 Å². The van der Waals surface area contributed by atoms with Gasteiger partial charge in [0.1, 0.15) is 14.9 Å². The molecule has 0 aliphatic carbocycles. The van der Waals surface area contributed by atoms with Gasteiger partial charge in [0.15, 0.2) is 11.5 Å². The van der Waals surface area contributed by atoms with Gasteiger partial charge >= 0.3 is 0 Å². The number of methoxy groups -OCH3 is 2. The van der Waals surface area contributed by atoms with E-state index in [1.54, 1.807) is 14.2 Å². The normalized spacial score (nSPS) is 11.2. The summed E-state index contributed by atoms with van der Waals surface area (Å²) in [6, 6.07) is 5.91. The SMILES string of the molecule is COc1cc2cc3nc(Br)c(Br)n3cc2cc1OC. The highest BCUT2D eigenvalue weighted by atomic mass is 79.9. The van der Waals surface area contributed by atoms with E-state index in [1.165, 1.54) is 0 Å². The summed E-state index contributed by atoms with van der Waals surface area (Å²) in [5.41, 5.74) is 0.860. The Labute approximate surface area is 126 Å². The van der Waals surface area contributed by atoms with Crippen LogP contribution in [0, 0.1) is 0 Å². The van der Waals surface area contributed by atoms with Gasteiger partial charge in [0.25, 0.3) is 0 Å². The van der Waals surface area contributed by atoms with Crippen molar-refractivity contribution >= 4 is 48.3 Å². The van der Waals surface area contributed by atoms with E-state index in [0.29, 0.717) is 11.5 Å². The van der Waals surface area contributed by atoms with Crippen LogP contribution in [-0.2, 0) is 0 Å². The predicted octanol–water partition coefficient (Wildman–Crippen LogP) is 4.03. The molecule has 4 nitrogen and oxygen atoms in total. The van der Waals surface area contributed by atoms with Gasteiger partial charge in [-0.2, -0.15) is 0 Å². The molecule has 0 bridgehead atoms. The minimum absolute atomic E-state index is 0.712. The number of ether oxygens (including phenoxy) is 2. The number of halogens is 2. The minimum Gasteiger partial charge on any atom is -0.493 e. The first-order valence-electron chi connectivity index (χ1n) is 5.53. The van der Waals surface area contributed by atoms with Gasteiger partial charge in [-0.05, 0) is 55.4 Å². The van der Waals surface area contributed by atoms with E-state index in [2.05, 4.69) is 36.8 Å². The van der Waals surface area contributed by atoms with Crippen LogP contribution in [0.4, 0.5) is 0 Å². The maximum atomic E-state index is 5.32. The van der Waals surface area contributed by atoms with E-state index in [4.69, 9.17) is 9.47 Å². The highest BCUT2D eigenvalue weighted by Crippen LogP contribution is 2.34. The molecule has 0 aliphatic rings. The van der Waals surface area contributed by atoms with Crippen molar-refractivity contribution < 1.29 is 9.47 Å². The van der Waals surface area contributed by atoms with Crippen molar-refractivity contribution in [3.63, 3.8) is 0 Å². The summed E-state index contributed by atoms with van der Waals surface area (Å²) in [6.45, 7) is 0. The van der Waals surface area contributed by atoms with Crippen LogP contribution < -0.4 is 9.47 Å². The summed E-state index contributed by atoms with van der Waals surface area (Å²) >= 11 is 6.91. The second kappa shape index (κ2) is 4.68. The summed E-state index contributed by atoms with van der Waals surface area (Å²) in [6.07, 6.45) is 2.01. The van der Waals surface area contributed by atoms with Crippen LogP contribution >= 0.6 is 31.9 Å². The van der Waals surface area contributed by atoms with Gasteiger partial charge in [-0.15, -0.1) is 0 Å². The maximum Gasteiger partial charge on any atom is 0.161 e. The predicted molar refractivity (Wildman–Crippen MR) is 81.2 cm³/mol. The molecule has 0 N–H and O–H groups in total. The van der Waals surface area contributed by atoms with Gasteiger partial charge in [-0.3, -0.25) is 4.40 Å². The maximum absolute atomic E-state index is 5.32. The second-order valence-corrected chi connectivity index (χ2v) is 5.53. The van der Waals surface area contributed by atoms with Crippen LogP contribution in [-0.4, -0.2) is 23.6 Å². The van der Waals surface area contributed by atoms with E-state index in [1.807, 2.05) is 28.8 Å². The summed E-state index contributed by atoms with van der Waals surface area (Å²) in [7, 11) is 3.26. The Balaban J connectivity index is 2.38. The average molecular weight is 386 g/mol. The fraction of sp³-hybridized carbons (Fsp3) is 0.154. The Kier molecular flexibility index (Phi) is 3.14. The van der Waals surface area contributed by atoms with Crippen molar-refractivity contribution in [2.75, 3.05) is 14.2 Å². The van der Waals surface area contributed by atoms with Crippen molar-refractivity contribution in [3.05, 3.63) is 33.6 Å². The molecule has 0 unspecified atom stereocenters. The Morgan fingerprint density at radius 2 is 1.63 bits per heavy atom. The van der Waals surface area contributed by atoms with Crippen LogP contribution in [0.2, 0.25) is 0 Å². The number of imidazole rings is 1. The number of pyridine rings is 1. The molecule has 6 heteroatoms. The van der Waals surface area contributed by atoms with Gasteiger partial charge in [-0.1, -0.05) is 0 Å².